The van der Waals surface area contributed by atoms with E-state index in [1.54, 1.807) is 6.08 Å². The molecule has 0 atom stereocenters. The third-order valence-corrected chi connectivity index (χ3v) is 1.12. The van der Waals surface area contributed by atoms with Crippen molar-refractivity contribution in [1.29, 1.82) is 0 Å². The van der Waals surface area contributed by atoms with Crippen molar-refractivity contribution in [1.82, 2.24) is 0 Å². The fourth-order valence-electron chi connectivity index (χ4n) is 0.502. The molecule has 1 nitrogen and oxygen atoms in total. The molecule has 0 aliphatic rings. The van der Waals surface area contributed by atoms with Crippen molar-refractivity contribution in [2.75, 3.05) is 0 Å². The second-order valence-electron chi connectivity index (χ2n) is 1.88. The molecular formula is C7H14O. The number of hydrogen-bond acceptors (Lipinski definition) is 1. The van der Waals surface area contributed by atoms with Gasteiger partial charge in [0, 0.05) is 6.42 Å². The molecule has 0 bridgehead atoms. The third-order valence-electron chi connectivity index (χ3n) is 1.12. The highest BCUT2D eigenvalue weighted by atomic mass is 16.3. The standard InChI is InChI=1S/C7H14O/c1-3-5-6-7(8)4-2/h4,8H,3,5-6H2,1-2H3/b7-4+. The largest absolute Gasteiger partial charge is 0.513 e. The smallest absolute Gasteiger partial charge is 0.0880 e. The number of hydrogen-bond donors (Lipinski definition) is 1. The van der Waals surface area contributed by atoms with Crippen LogP contribution in [0.3, 0.4) is 0 Å². The number of aliphatic hydroxyl groups excluding tert-OH is 1. The normalized spacial score (nSPS) is 12.0. The fraction of sp³-hybridized carbons (Fsp3) is 0.714. The lowest BCUT2D eigenvalue weighted by Crippen LogP contribution is -1.78. The first-order chi connectivity index (χ1) is 3.81. The topological polar surface area (TPSA) is 20.2 Å². The summed E-state index contributed by atoms with van der Waals surface area (Å²) in [5, 5.41) is 8.85. The summed E-state index contributed by atoms with van der Waals surface area (Å²) < 4.78 is 0. The van der Waals surface area contributed by atoms with Crippen molar-refractivity contribution in [3.63, 3.8) is 0 Å². The Kier molecular flexibility index (Phi) is 4.42. The van der Waals surface area contributed by atoms with Crippen LogP contribution in [0.5, 0.6) is 0 Å². The fourth-order valence-corrected chi connectivity index (χ4v) is 0.502. The maximum atomic E-state index is 8.85. The molecule has 48 valence electrons. The number of unbranched alkanes of at least 4 members (excludes halogenated alkanes) is 1. The Labute approximate surface area is 51.0 Å². The molecule has 0 rings (SSSR count). The highest BCUT2D eigenvalue weighted by Gasteiger charge is 1.86. The number of allylic oxidation sites excluding steroid dienone is 2. The molecule has 1 N–H and O–H groups in total. The maximum Gasteiger partial charge on any atom is 0.0880 e. The second kappa shape index (κ2) is 4.69. The lowest BCUT2D eigenvalue weighted by Gasteiger charge is -1.93. The van der Waals surface area contributed by atoms with Crippen LogP contribution < -0.4 is 0 Å². The van der Waals surface area contributed by atoms with E-state index in [1.165, 1.54) is 0 Å². The van der Waals surface area contributed by atoms with Crippen LogP contribution in [0.15, 0.2) is 11.8 Å². The predicted molar refractivity (Wildman–Crippen MR) is 35.9 cm³/mol. The Morgan fingerprint density at radius 3 is 2.62 bits per heavy atom. The van der Waals surface area contributed by atoms with Crippen molar-refractivity contribution >= 4 is 0 Å². The summed E-state index contributed by atoms with van der Waals surface area (Å²) in [6.45, 7) is 3.97. The predicted octanol–water partition coefficient (Wildman–Crippen LogP) is 2.64. The Morgan fingerprint density at radius 1 is 1.62 bits per heavy atom. The van der Waals surface area contributed by atoms with E-state index >= 15 is 0 Å². The second-order valence-corrected chi connectivity index (χ2v) is 1.88. The summed E-state index contributed by atoms with van der Waals surface area (Å²) >= 11 is 0. The molecule has 0 saturated carbocycles. The Morgan fingerprint density at radius 2 is 2.25 bits per heavy atom. The average molecular weight is 114 g/mol. The van der Waals surface area contributed by atoms with Crippen LogP contribution in [-0.2, 0) is 0 Å². The van der Waals surface area contributed by atoms with Gasteiger partial charge in [0.05, 0.1) is 5.76 Å². The van der Waals surface area contributed by atoms with Crippen LogP contribution in [0.4, 0.5) is 0 Å². The van der Waals surface area contributed by atoms with Crippen molar-refractivity contribution < 1.29 is 5.11 Å². The van der Waals surface area contributed by atoms with E-state index in [2.05, 4.69) is 6.92 Å². The molecule has 0 amide bonds. The third kappa shape index (κ3) is 3.72. The van der Waals surface area contributed by atoms with Gasteiger partial charge in [-0.05, 0) is 19.4 Å². The first-order valence-corrected chi connectivity index (χ1v) is 3.15. The van der Waals surface area contributed by atoms with E-state index in [1.807, 2.05) is 6.92 Å². The van der Waals surface area contributed by atoms with Gasteiger partial charge in [-0.1, -0.05) is 13.3 Å². The van der Waals surface area contributed by atoms with Gasteiger partial charge in [0.1, 0.15) is 0 Å². The highest BCUT2D eigenvalue weighted by molar-refractivity contribution is 4.86. The summed E-state index contributed by atoms with van der Waals surface area (Å²) in [4.78, 5) is 0. The highest BCUT2D eigenvalue weighted by Crippen LogP contribution is 2.01. The zero-order valence-electron chi connectivity index (χ0n) is 5.65. The molecule has 8 heavy (non-hydrogen) atoms. The molecule has 0 radical (unpaired) electrons. The summed E-state index contributed by atoms with van der Waals surface area (Å²) in [6, 6.07) is 0. The van der Waals surface area contributed by atoms with E-state index in [0.717, 1.165) is 19.3 Å². The van der Waals surface area contributed by atoms with Gasteiger partial charge in [-0.3, -0.25) is 0 Å². The number of rotatable bonds is 3. The Bertz CT molecular complexity index is 74.5. The molecule has 0 aromatic rings. The first kappa shape index (κ1) is 7.54. The summed E-state index contributed by atoms with van der Waals surface area (Å²) in [7, 11) is 0. The summed E-state index contributed by atoms with van der Waals surface area (Å²) in [5.74, 6) is 0.520. The van der Waals surface area contributed by atoms with E-state index < -0.39 is 0 Å². The van der Waals surface area contributed by atoms with Crippen LogP contribution in [-0.4, -0.2) is 5.11 Å². The van der Waals surface area contributed by atoms with Crippen molar-refractivity contribution in [3.05, 3.63) is 11.8 Å². The zero-order chi connectivity index (χ0) is 6.41. The van der Waals surface area contributed by atoms with Gasteiger partial charge in [-0.2, -0.15) is 0 Å². The molecular weight excluding hydrogens is 100 g/mol. The Balaban J connectivity index is 3.12. The molecule has 0 aromatic carbocycles. The minimum absolute atomic E-state index is 0.520. The van der Waals surface area contributed by atoms with Gasteiger partial charge in [-0.25, -0.2) is 0 Å². The average Bonchev–Trinajstić information content (AvgIpc) is 1.83. The van der Waals surface area contributed by atoms with Gasteiger partial charge in [-0.15, -0.1) is 0 Å². The minimum atomic E-state index is 0.520. The van der Waals surface area contributed by atoms with Crippen LogP contribution in [0.2, 0.25) is 0 Å². The lowest BCUT2D eigenvalue weighted by atomic mass is 10.2. The van der Waals surface area contributed by atoms with Crippen LogP contribution in [0.1, 0.15) is 33.1 Å². The van der Waals surface area contributed by atoms with Crippen molar-refractivity contribution in [2.45, 2.75) is 33.1 Å². The van der Waals surface area contributed by atoms with Gasteiger partial charge >= 0.3 is 0 Å². The molecule has 0 aliphatic carbocycles. The summed E-state index contributed by atoms with van der Waals surface area (Å²) in [5.41, 5.74) is 0. The van der Waals surface area contributed by atoms with Crippen LogP contribution in [0, 0.1) is 0 Å². The van der Waals surface area contributed by atoms with Crippen LogP contribution in [0.25, 0.3) is 0 Å². The monoisotopic (exact) mass is 114 g/mol. The molecule has 0 fully saturated rings. The molecule has 0 unspecified atom stereocenters. The number of aliphatic hydroxyl groups is 1. The van der Waals surface area contributed by atoms with Crippen LogP contribution >= 0.6 is 0 Å². The van der Waals surface area contributed by atoms with Gasteiger partial charge < -0.3 is 5.11 Å². The molecule has 0 saturated heterocycles. The quantitative estimate of drug-likeness (QED) is 0.559. The first-order valence-electron chi connectivity index (χ1n) is 3.15. The molecule has 0 spiro atoms. The molecule has 0 aliphatic heterocycles. The van der Waals surface area contributed by atoms with E-state index in [4.69, 9.17) is 5.11 Å². The lowest BCUT2D eigenvalue weighted by molar-refractivity contribution is 0.382. The summed E-state index contributed by atoms with van der Waals surface area (Å²) in [6.07, 6.45) is 4.83. The molecule has 0 aromatic heterocycles. The van der Waals surface area contributed by atoms with Gasteiger partial charge in [0.15, 0.2) is 0 Å². The van der Waals surface area contributed by atoms with E-state index in [9.17, 15) is 0 Å². The molecule has 0 heterocycles. The molecule has 1 heteroatoms. The maximum absolute atomic E-state index is 8.85. The van der Waals surface area contributed by atoms with Gasteiger partial charge in [0.25, 0.3) is 0 Å². The zero-order valence-corrected chi connectivity index (χ0v) is 5.65. The van der Waals surface area contributed by atoms with E-state index in [0.29, 0.717) is 5.76 Å². The SMILES string of the molecule is C/C=C(/O)CCCC. The van der Waals surface area contributed by atoms with Gasteiger partial charge in [0.2, 0.25) is 0 Å². The van der Waals surface area contributed by atoms with Crippen molar-refractivity contribution in [3.8, 4) is 0 Å². The van der Waals surface area contributed by atoms with E-state index in [-0.39, 0.29) is 0 Å². The minimum Gasteiger partial charge on any atom is -0.513 e. The Hall–Kier alpha value is -0.460. The van der Waals surface area contributed by atoms with Crippen molar-refractivity contribution in [2.24, 2.45) is 0 Å².